The predicted octanol–water partition coefficient (Wildman–Crippen LogP) is 9.14. The van der Waals surface area contributed by atoms with E-state index in [4.69, 9.17) is 14.6 Å². The Morgan fingerprint density at radius 2 is 0.889 bits per heavy atom. The van der Waals surface area contributed by atoms with Crippen LogP contribution in [-0.2, 0) is 9.47 Å². The molecule has 0 fully saturated rings. The van der Waals surface area contributed by atoms with Crippen molar-refractivity contribution in [1.29, 1.82) is 0 Å². The van der Waals surface area contributed by atoms with E-state index < -0.39 is 6.10 Å². The summed E-state index contributed by atoms with van der Waals surface area (Å²) in [4.78, 5) is 0. The Bertz CT molecular complexity index is 390. The first-order valence-electron chi connectivity index (χ1n) is 16.2. The first-order chi connectivity index (χ1) is 17.7. The van der Waals surface area contributed by atoms with Crippen molar-refractivity contribution in [2.45, 2.75) is 180 Å². The van der Waals surface area contributed by atoms with Gasteiger partial charge < -0.3 is 19.7 Å². The van der Waals surface area contributed by atoms with Crippen molar-refractivity contribution in [2.75, 3.05) is 26.4 Å². The number of ether oxygens (including phenoxy) is 2. The first-order valence-corrected chi connectivity index (χ1v) is 16.2. The molecule has 0 aliphatic heterocycles. The van der Waals surface area contributed by atoms with Crippen molar-refractivity contribution in [1.82, 2.24) is 0 Å². The van der Waals surface area contributed by atoms with Crippen molar-refractivity contribution in [3.63, 3.8) is 0 Å². The zero-order chi connectivity index (χ0) is 26.4. The fraction of sp³-hybridized carbons (Fsp3) is 1.00. The van der Waals surface area contributed by atoms with E-state index in [2.05, 4.69) is 13.8 Å². The number of hydrogen-bond donors (Lipinski definition) is 2. The van der Waals surface area contributed by atoms with Gasteiger partial charge in [-0.25, -0.2) is 0 Å². The fourth-order valence-electron chi connectivity index (χ4n) is 4.83. The summed E-state index contributed by atoms with van der Waals surface area (Å²) in [5.74, 6) is 0. The van der Waals surface area contributed by atoms with Gasteiger partial charge in [0.15, 0.2) is 0 Å². The Morgan fingerprint density at radius 3 is 1.31 bits per heavy atom. The Morgan fingerprint density at radius 1 is 0.500 bits per heavy atom. The van der Waals surface area contributed by atoms with E-state index in [0.29, 0.717) is 6.61 Å². The lowest BCUT2D eigenvalue weighted by Gasteiger charge is -2.19. The third-order valence-corrected chi connectivity index (χ3v) is 7.31. The molecule has 0 aliphatic rings. The Labute approximate surface area is 226 Å². The third-order valence-electron chi connectivity index (χ3n) is 7.31. The molecule has 0 aromatic carbocycles. The quantitative estimate of drug-likeness (QED) is 0.0905. The number of unbranched alkanes of at least 4 members (excludes halogenated alkanes) is 21. The van der Waals surface area contributed by atoms with Gasteiger partial charge in [-0.15, -0.1) is 0 Å². The predicted molar refractivity (Wildman–Crippen MR) is 156 cm³/mol. The molecular formula is C32H66O4. The van der Waals surface area contributed by atoms with E-state index in [9.17, 15) is 5.11 Å². The van der Waals surface area contributed by atoms with Crippen LogP contribution >= 0.6 is 0 Å². The van der Waals surface area contributed by atoms with Crippen LogP contribution in [0, 0.1) is 0 Å². The van der Waals surface area contributed by atoms with Crippen LogP contribution in [-0.4, -0.2) is 48.8 Å². The van der Waals surface area contributed by atoms with Crippen LogP contribution < -0.4 is 0 Å². The van der Waals surface area contributed by atoms with Crippen LogP contribution in [0.3, 0.4) is 0 Å². The van der Waals surface area contributed by atoms with Crippen molar-refractivity contribution in [2.24, 2.45) is 0 Å². The van der Waals surface area contributed by atoms with Crippen LogP contribution in [0.2, 0.25) is 0 Å². The van der Waals surface area contributed by atoms with Gasteiger partial charge in [0.25, 0.3) is 0 Å². The average molecular weight is 515 g/mol. The SMILES string of the molecule is CCCCCCCCCCCCCCOC(CCCCCCCCCCCCC)COCC(O)CO. The Hall–Kier alpha value is -0.160. The highest BCUT2D eigenvalue weighted by atomic mass is 16.5. The lowest BCUT2D eigenvalue weighted by Crippen LogP contribution is -2.26. The molecule has 0 aliphatic carbocycles. The van der Waals surface area contributed by atoms with Gasteiger partial charge in [0.1, 0.15) is 6.10 Å². The largest absolute Gasteiger partial charge is 0.394 e. The zero-order valence-electron chi connectivity index (χ0n) is 24.7. The van der Waals surface area contributed by atoms with Gasteiger partial charge in [-0.1, -0.05) is 155 Å². The summed E-state index contributed by atoms with van der Waals surface area (Å²) in [6.07, 6.45) is 31.5. The van der Waals surface area contributed by atoms with Crippen LogP contribution in [0.1, 0.15) is 168 Å². The molecular weight excluding hydrogens is 448 g/mol. The maximum absolute atomic E-state index is 9.53. The van der Waals surface area contributed by atoms with Gasteiger partial charge in [-0.3, -0.25) is 0 Å². The summed E-state index contributed by atoms with van der Waals surface area (Å²) >= 11 is 0. The highest BCUT2D eigenvalue weighted by Crippen LogP contribution is 2.15. The molecule has 0 saturated heterocycles. The minimum absolute atomic E-state index is 0.113. The topological polar surface area (TPSA) is 58.9 Å². The molecule has 0 heterocycles. The summed E-state index contributed by atoms with van der Waals surface area (Å²) in [6.45, 7) is 5.83. The fourth-order valence-corrected chi connectivity index (χ4v) is 4.83. The molecule has 2 unspecified atom stereocenters. The molecule has 0 radical (unpaired) electrons. The van der Waals surface area contributed by atoms with Crippen LogP contribution in [0.25, 0.3) is 0 Å². The van der Waals surface area contributed by atoms with Gasteiger partial charge in [-0.2, -0.15) is 0 Å². The van der Waals surface area contributed by atoms with E-state index in [0.717, 1.165) is 19.4 Å². The maximum atomic E-state index is 9.53. The number of rotatable bonds is 31. The molecule has 0 aromatic heterocycles. The minimum atomic E-state index is -0.788. The van der Waals surface area contributed by atoms with E-state index in [1.807, 2.05) is 0 Å². The van der Waals surface area contributed by atoms with E-state index in [1.54, 1.807) is 0 Å². The zero-order valence-corrected chi connectivity index (χ0v) is 24.7. The van der Waals surface area contributed by atoms with Crippen LogP contribution in [0.4, 0.5) is 0 Å². The molecule has 0 bridgehead atoms. The molecule has 0 spiro atoms. The van der Waals surface area contributed by atoms with Gasteiger partial charge in [-0.05, 0) is 12.8 Å². The average Bonchev–Trinajstić information content (AvgIpc) is 2.89. The van der Waals surface area contributed by atoms with E-state index >= 15 is 0 Å². The summed E-state index contributed by atoms with van der Waals surface area (Å²) in [7, 11) is 0. The summed E-state index contributed by atoms with van der Waals surface area (Å²) < 4.78 is 11.8. The molecule has 4 heteroatoms. The van der Waals surface area contributed by atoms with Crippen LogP contribution in [0.5, 0.6) is 0 Å². The highest BCUT2D eigenvalue weighted by molar-refractivity contribution is 4.60. The summed E-state index contributed by atoms with van der Waals surface area (Å²) in [5, 5.41) is 18.5. The minimum Gasteiger partial charge on any atom is -0.394 e. The summed E-state index contributed by atoms with van der Waals surface area (Å²) in [5.41, 5.74) is 0. The second-order valence-electron chi connectivity index (χ2n) is 11.1. The van der Waals surface area contributed by atoms with Crippen molar-refractivity contribution >= 4 is 0 Å². The highest BCUT2D eigenvalue weighted by Gasteiger charge is 2.11. The van der Waals surface area contributed by atoms with E-state index in [1.165, 1.54) is 141 Å². The van der Waals surface area contributed by atoms with Crippen molar-refractivity contribution in [3.05, 3.63) is 0 Å². The Kier molecular flexibility index (Phi) is 30.9. The normalized spacial score (nSPS) is 13.3. The smallest absolute Gasteiger partial charge is 0.100 e. The molecule has 4 nitrogen and oxygen atoms in total. The lowest BCUT2D eigenvalue weighted by atomic mass is 10.0. The third kappa shape index (κ3) is 28.4. The van der Waals surface area contributed by atoms with Gasteiger partial charge in [0.05, 0.1) is 25.9 Å². The molecule has 0 saturated carbocycles. The first kappa shape index (κ1) is 35.8. The van der Waals surface area contributed by atoms with Crippen LogP contribution in [0.15, 0.2) is 0 Å². The molecule has 36 heavy (non-hydrogen) atoms. The summed E-state index contributed by atoms with van der Waals surface area (Å²) in [6, 6.07) is 0. The lowest BCUT2D eigenvalue weighted by molar-refractivity contribution is -0.0517. The molecule has 0 amide bonds. The number of hydrogen-bond acceptors (Lipinski definition) is 4. The molecule has 0 rings (SSSR count). The Balaban J connectivity index is 3.75. The molecule has 218 valence electrons. The van der Waals surface area contributed by atoms with Crippen molar-refractivity contribution in [3.8, 4) is 0 Å². The second-order valence-corrected chi connectivity index (χ2v) is 11.1. The van der Waals surface area contributed by atoms with Gasteiger partial charge >= 0.3 is 0 Å². The second kappa shape index (κ2) is 31.1. The van der Waals surface area contributed by atoms with E-state index in [-0.39, 0.29) is 19.3 Å². The molecule has 0 aromatic rings. The number of aliphatic hydroxyl groups excluding tert-OH is 2. The van der Waals surface area contributed by atoms with Crippen molar-refractivity contribution < 1.29 is 19.7 Å². The monoisotopic (exact) mass is 514 g/mol. The molecule has 2 atom stereocenters. The maximum Gasteiger partial charge on any atom is 0.100 e. The standard InChI is InChI=1S/C32H66O4/c1-3-5-7-9-11-13-15-17-19-21-23-25-27-36-32(30-35-29-31(34)28-33)26-24-22-20-18-16-14-12-10-8-6-4-2/h31-34H,3-30H2,1-2H3. The number of aliphatic hydroxyl groups is 2. The van der Waals surface area contributed by atoms with Gasteiger partial charge in [0.2, 0.25) is 0 Å². The van der Waals surface area contributed by atoms with Gasteiger partial charge in [0, 0.05) is 6.61 Å². The molecule has 2 N–H and O–H groups in total.